The molecule has 0 amide bonds. The summed E-state index contributed by atoms with van der Waals surface area (Å²) in [6.07, 6.45) is 9.89. The summed E-state index contributed by atoms with van der Waals surface area (Å²) in [6, 6.07) is 17.0. The summed E-state index contributed by atoms with van der Waals surface area (Å²) in [7, 11) is 0. The Labute approximate surface area is 163 Å². The van der Waals surface area contributed by atoms with Crippen molar-refractivity contribution < 1.29 is 0 Å². The third-order valence-corrected chi connectivity index (χ3v) is 5.65. The monoisotopic (exact) mass is 374 g/mol. The van der Waals surface area contributed by atoms with Gasteiger partial charge in [0.05, 0.1) is 0 Å². The fraction of sp³-hybridized carbons (Fsp3) is 0.182. The Morgan fingerprint density at radius 2 is 2.11 bits per heavy atom. The Bertz CT molecular complexity index is 960. The maximum absolute atomic E-state index is 7.03. The third kappa shape index (κ3) is 4.09. The molecule has 4 nitrogen and oxygen atoms in total. The Morgan fingerprint density at radius 3 is 3.04 bits per heavy atom. The van der Waals surface area contributed by atoms with Gasteiger partial charge in [-0.15, -0.1) is 11.3 Å². The lowest BCUT2D eigenvalue weighted by Gasteiger charge is -2.28. The number of aromatic nitrogens is 1. The molecule has 0 atom stereocenters. The fourth-order valence-electron chi connectivity index (χ4n) is 3.40. The molecule has 2 aromatic carbocycles. The molecule has 5 heteroatoms. The molecular formula is C22H22N4S. The smallest absolute Gasteiger partial charge is 0.190 e. The first-order valence-electron chi connectivity index (χ1n) is 9.15. The number of thiazole rings is 1. The highest BCUT2D eigenvalue weighted by molar-refractivity contribution is 7.15. The van der Waals surface area contributed by atoms with E-state index in [4.69, 9.17) is 10.4 Å². The lowest BCUT2D eigenvalue weighted by atomic mass is 10.0. The molecule has 0 fully saturated rings. The zero-order valence-corrected chi connectivity index (χ0v) is 15.9. The number of fused-ring (bicyclic) bond motifs is 1. The van der Waals surface area contributed by atoms with E-state index < -0.39 is 0 Å². The van der Waals surface area contributed by atoms with Gasteiger partial charge in [0.1, 0.15) is 0 Å². The number of benzene rings is 2. The van der Waals surface area contributed by atoms with Crippen molar-refractivity contribution in [1.82, 2.24) is 4.98 Å². The van der Waals surface area contributed by atoms with E-state index >= 15 is 0 Å². The minimum Gasteiger partial charge on any atom is -0.362 e. The van der Waals surface area contributed by atoms with Crippen LogP contribution < -0.4 is 10.2 Å². The molecule has 0 unspecified atom stereocenters. The SMILES string of the molecule is N=C/C=C\Nc1cccc(Cc2cnc(N3CCCc4ccccc43)s2)c1. The number of allylic oxidation sites excluding steroid dienone is 1. The summed E-state index contributed by atoms with van der Waals surface area (Å²) in [4.78, 5) is 8.33. The van der Waals surface area contributed by atoms with E-state index in [0.29, 0.717) is 0 Å². The molecule has 0 bridgehead atoms. The average molecular weight is 375 g/mol. The quantitative estimate of drug-likeness (QED) is 0.569. The molecule has 4 rings (SSSR count). The summed E-state index contributed by atoms with van der Waals surface area (Å²) < 4.78 is 0. The molecule has 0 saturated carbocycles. The number of nitrogens with one attached hydrogen (secondary N) is 2. The Hall–Kier alpha value is -2.92. The van der Waals surface area contributed by atoms with Crippen LogP contribution in [0.5, 0.6) is 0 Å². The van der Waals surface area contributed by atoms with E-state index in [-0.39, 0.29) is 0 Å². The zero-order chi connectivity index (χ0) is 18.5. The van der Waals surface area contributed by atoms with Crippen LogP contribution >= 0.6 is 11.3 Å². The minimum atomic E-state index is 0.872. The Kier molecular flexibility index (Phi) is 5.30. The van der Waals surface area contributed by atoms with Crippen LogP contribution in [-0.4, -0.2) is 17.7 Å². The van der Waals surface area contributed by atoms with Gasteiger partial charge < -0.3 is 15.6 Å². The fourth-order valence-corrected chi connectivity index (χ4v) is 4.38. The van der Waals surface area contributed by atoms with Crippen LogP contribution in [-0.2, 0) is 12.8 Å². The molecular weight excluding hydrogens is 352 g/mol. The normalized spacial score (nSPS) is 13.6. The number of aryl methyl sites for hydroxylation is 1. The Balaban J connectivity index is 1.50. The van der Waals surface area contributed by atoms with Gasteiger partial charge in [-0.25, -0.2) is 4.98 Å². The van der Waals surface area contributed by atoms with Crippen molar-refractivity contribution in [3.63, 3.8) is 0 Å². The summed E-state index contributed by atoms with van der Waals surface area (Å²) in [5.41, 5.74) is 4.99. The molecule has 2 N–H and O–H groups in total. The van der Waals surface area contributed by atoms with Gasteiger partial charge in [0.2, 0.25) is 0 Å². The van der Waals surface area contributed by atoms with Crippen LogP contribution in [0.1, 0.15) is 22.4 Å². The van der Waals surface area contributed by atoms with E-state index in [2.05, 4.69) is 52.7 Å². The third-order valence-electron chi connectivity index (χ3n) is 4.63. The molecule has 27 heavy (non-hydrogen) atoms. The molecule has 1 aromatic heterocycles. The number of anilines is 3. The standard InChI is InChI=1S/C22H22N4S/c23-11-5-12-24-19-9-3-6-17(14-19)15-20-16-25-22(27-20)26-13-4-8-18-7-1-2-10-21(18)26/h1-3,5-7,9-12,14,16,23-24H,4,8,13,15H2/b12-5-,23-11?. The van der Waals surface area contributed by atoms with Crippen LogP contribution in [0.2, 0.25) is 0 Å². The number of nitrogens with zero attached hydrogens (tertiary/aromatic N) is 2. The minimum absolute atomic E-state index is 0.872. The lowest BCUT2D eigenvalue weighted by molar-refractivity contribution is 0.765. The van der Waals surface area contributed by atoms with Gasteiger partial charge in [0.25, 0.3) is 0 Å². The highest BCUT2D eigenvalue weighted by atomic mass is 32.1. The van der Waals surface area contributed by atoms with Gasteiger partial charge in [-0.3, -0.25) is 0 Å². The van der Waals surface area contributed by atoms with Crippen molar-refractivity contribution >= 4 is 34.1 Å². The van der Waals surface area contributed by atoms with E-state index in [1.807, 2.05) is 12.3 Å². The summed E-state index contributed by atoms with van der Waals surface area (Å²) in [5.74, 6) is 0. The van der Waals surface area contributed by atoms with E-state index in [1.165, 1.54) is 34.3 Å². The first kappa shape index (κ1) is 17.5. The van der Waals surface area contributed by atoms with Gasteiger partial charge >= 0.3 is 0 Å². The van der Waals surface area contributed by atoms with Crippen LogP contribution in [0.3, 0.4) is 0 Å². The molecule has 0 spiro atoms. The highest BCUT2D eigenvalue weighted by Gasteiger charge is 2.20. The predicted molar refractivity (Wildman–Crippen MR) is 115 cm³/mol. The first-order valence-corrected chi connectivity index (χ1v) is 9.96. The zero-order valence-electron chi connectivity index (χ0n) is 15.1. The Morgan fingerprint density at radius 1 is 1.19 bits per heavy atom. The maximum atomic E-state index is 7.03. The summed E-state index contributed by atoms with van der Waals surface area (Å²) in [5, 5.41) is 11.3. The molecule has 1 aliphatic rings. The summed E-state index contributed by atoms with van der Waals surface area (Å²) >= 11 is 1.78. The number of para-hydroxylation sites is 1. The molecule has 0 radical (unpaired) electrons. The highest BCUT2D eigenvalue weighted by Crippen LogP contribution is 2.36. The molecule has 0 saturated heterocycles. The van der Waals surface area contributed by atoms with Gasteiger partial charge in [0.15, 0.2) is 5.13 Å². The van der Waals surface area contributed by atoms with Crippen molar-refractivity contribution in [2.75, 3.05) is 16.8 Å². The largest absolute Gasteiger partial charge is 0.362 e. The predicted octanol–water partition coefficient (Wildman–Crippen LogP) is 5.39. The molecule has 0 aliphatic carbocycles. The second kappa shape index (κ2) is 8.18. The number of hydrogen-bond donors (Lipinski definition) is 2. The van der Waals surface area contributed by atoms with Crippen LogP contribution in [0.4, 0.5) is 16.5 Å². The maximum Gasteiger partial charge on any atom is 0.190 e. The summed E-state index contributed by atoms with van der Waals surface area (Å²) in [6.45, 7) is 1.03. The van der Waals surface area contributed by atoms with Crippen molar-refractivity contribution in [2.45, 2.75) is 19.3 Å². The second-order valence-electron chi connectivity index (χ2n) is 6.54. The first-order chi connectivity index (χ1) is 13.3. The van der Waals surface area contributed by atoms with Crippen LogP contribution in [0.15, 0.2) is 67.0 Å². The molecule has 2 heterocycles. The van der Waals surface area contributed by atoms with E-state index in [0.717, 1.165) is 30.2 Å². The molecule has 3 aromatic rings. The average Bonchev–Trinajstić information content (AvgIpc) is 3.16. The van der Waals surface area contributed by atoms with Gasteiger partial charge in [0, 0.05) is 47.8 Å². The van der Waals surface area contributed by atoms with Gasteiger partial charge in [-0.05, 0) is 48.2 Å². The number of rotatable bonds is 6. The lowest BCUT2D eigenvalue weighted by Crippen LogP contribution is -2.24. The van der Waals surface area contributed by atoms with Crippen molar-refractivity contribution in [3.05, 3.63) is 83.0 Å². The van der Waals surface area contributed by atoms with Crippen LogP contribution in [0.25, 0.3) is 0 Å². The van der Waals surface area contributed by atoms with E-state index in [1.54, 1.807) is 23.6 Å². The second-order valence-corrected chi connectivity index (χ2v) is 7.63. The topological polar surface area (TPSA) is 52.0 Å². The van der Waals surface area contributed by atoms with E-state index in [9.17, 15) is 0 Å². The van der Waals surface area contributed by atoms with Crippen molar-refractivity contribution in [1.29, 1.82) is 5.41 Å². The van der Waals surface area contributed by atoms with Gasteiger partial charge in [-0.2, -0.15) is 0 Å². The van der Waals surface area contributed by atoms with Crippen molar-refractivity contribution in [3.8, 4) is 0 Å². The molecule has 136 valence electrons. The van der Waals surface area contributed by atoms with Gasteiger partial charge in [-0.1, -0.05) is 30.3 Å². The van der Waals surface area contributed by atoms with Crippen LogP contribution in [0, 0.1) is 5.41 Å². The molecule has 1 aliphatic heterocycles. The van der Waals surface area contributed by atoms with Crippen molar-refractivity contribution in [2.24, 2.45) is 0 Å². The number of hydrogen-bond acceptors (Lipinski definition) is 5.